The maximum atomic E-state index is 5.83. The van der Waals surface area contributed by atoms with Gasteiger partial charge in [0.25, 0.3) is 0 Å². The van der Waals surface area contributed by atoms with Crippen molar-refractivity contribution in [3.05, 3.63) is 0 Å². The van der Waals surface area contributed by atoms with Crippen LogP contribution < -0.4 is 5.73 Å². The molecule has 0 saturated carbocycles. The molecule has 0 radical (unpaired) electrons. The van der Waals surface area contributed by atoms with Crippen LogP contribution in [0.15, 0.2) is 4.99 Å². The number of rotatable bonds is 5. The van der Waals surface area contributed by atoms with Crippen molar-refractivity contribution in [2.45, 2.75) is 71.3 Å². The number of unbranched alkanes of at least 4 members (excludes halogenated alkanes) is 1. The van der Waals surface area contributed by atoms with Crippen LogP contribution in [0.1, 0.15) is 65.2 Å². The minimum Gasteiger partial charge on any atom is -0.387 e. The van der Waals surface area contributed by atoms with Crippen LogP contribution in [0.25, 0.3) is 0 Å². The van der Waals surface area contributed by atoms with E-state index in [4.69, 9.17) is 5.73 Å². The second-order valence-electron chi connectivity index (χ2n) is 5.20. The number of nitrogens with zero attached hydrogens (tertiary/aromatic N) is 1. The summed E-state index contributed by atoms with van der Waals surface area (Å²) in [5, 5.41) is 0. The third-order valence-electron chi connectivity index (χ3n) is 3.14. The van der Waals surface area contributed by atoms with E-state index in [1.54, 1.807) is 0 Å². The first-order valence-corrected chi connectivity index (χ1v) is 6.50. The van der Waals surface area contributed by atoms with Gasteiger partial charge in [0.15, 0.2) is 0 Å². The van der Waals surface area contributed by atoms with Crippen LogP contribution in [-0.4, -0.2) is 11.9 Å². The Hall–Kier alpha value is -0.240. The van der Waals surface area contributed by atoms with Crippen LogP contribution in [0.2, 0.25) is 0 Å². The molecule has 16 heavy (non-hydrogen) atoms. The molecule has 1 heterocycles. The summed E-state index contributed by atoms with van der Waals surface area (Å²) >= 11 is 0. The smallest absolute Gasteiger partial charge is 0.0940 e. The lowest BCUT2D eigenvalue weighted by atomic mass is 10.0. The molecule has 1 rings (SSSR count). The van der Waals surface area contributed by atoms with Crippen molar-refractivity contribution in [1.82, 2.24) is 0 Å². The molecule has 3 heteroatoms. The summed E-state index contributed by atoms with van der Waals surface area (Å²) in [6, 6.07) is 0.527. The summed E-state index contributed by atoms with van der Waals surface area (Å²) in [4.78, 5) is 4.59. The zero-order chi connectivity index (χ0) is 11.1. The van der Waals surface area contributed by atoms with Gasteiger partial charge in [-0.2, -0.15) is 0 Å². The van der Waals surface area contributed by atoms with Crippen molar-refractivity contribution in [2.24, 2.45) is 16.6 Å². The minimum absolute atomic E-state index is 0. The van der Waals surface area contributed by atoms with Crippen molar-refractivity contribution in [3.63, 3.8) is 0 Å². The Balaban J connectivity index is 0.00000225. The molecule has 0 aromatic heterocycles. The quantitative estimate of drug-likeness (QED) is 0.734. The fraction of sp³-hybridized carbons (Fsp3) is 0.923. The molecule has 1 aliphatic heterocycles. The highest BCUT2D eigenvalue weighted by atomic mass is 35.5. The van der Waals surface area contributed by atoms with Crippen LogP contribution in [0.5, 0.6) is 0 Å². The summed E-state index contributed by atoms with van der Waals surface area (Å²) in [6.07, 6.45) is 10.1. The highest BCUT2D eigenvalue weighted by Crippen LogP contribution is 2.18. The Bertz CT molecular complexity index is 202. The van der Waals surface area contributed by atoms with Crippen molar-refractivity contribution in [3.8, 4) is 0 Å². The summed E-state index contributed by atoms with van der Waals surface area (Å²) in [5.74, 6) is 1.73. The molecule has 0 unspecified atom stereocenters. The Labute approximate surface area is 107 Å². The first-order valence-electron chi connectivity index (χ1n) is 6.50. The molecule has 0 aromatic carbocycles. The zero-order valence-corrected chi connectivity index (χ0v) is 11.6. The van der Waals surface area contributed by atoms with Crippen LogP contribution in [-0.2, 0) is 0 Å². The van der Waals surface area contributed by atoms with Crippen LogP contribution >= 0.6 is 12.4 Å². The summed E-state index contributed by atoms with van der Waals surface area (Å²) < 4.78 is 0. The van der Waals surface area contributed by atoms with E-state index < -0.39 is 0 Å². The van der Waals surface area contributed by atoms with E-state index >= 15 is 0 Å². The number of nitrogens with two attached hydrogens (primary N) is 1. The molecular weight excluding hydrogens is 220 g/mol. The van der Waals surface area contributed by atoms with E-state index in [2.05, 4.69) is 18.8 Å². The van der Waals surface area contributed by atoms with Crippen molar-refractivity contribution in [2.75, 3.05) is 0 Å². The lowest BCUT2D eigenvalue weighted by molar-refractivity contribution is 0.482. The van der Waals surface area contributed by atoms with Gasteiger partial charge in [-0.05, 0) is 25.2 Å². The highest BCUT2D eigenvalue weighted by Gasteiger charge is 2.11. The first kappa shape index (κ1) is 15.8. The van der Waals surface area contributed by atoms with E-state index in [1.807, 2.05) is 0 Å². The summed E-state index contributed by atoms with van der Waals surface area (Å²) in [6.45, 7) is 4.59. The second kappa shape index (κ2) is 8.86. The van der Waals surface area contributed by atoms with Gasteiger partial charge in [-0.1, -0.05) is 39.5 Å². The highest BCUT2D eigenvalue weighted by molar-refractivity contribution is 5.85. The van der Waals surface area contributed by atoms with E-state index in [-0.39, 0.29) is 12.4 Å². The molecule has 0 spiro atoms. The predicted molar refractivity (Wildman–Crippen MR) is 74.4 cm³/mol. The predicted octanol–water partition coefficient (Wildman–Crippen LogP) is 3.92. The van der Waals surface area contributed by atoms with Crippen molar-refractivity contribution >= 4 is 18.2 Å². The van der Waals surface area contributed by atoms with Gasteiger partial charge in [0.1, 0.15) is 0 Å². The molecule has 0 aliphatic carbocycles. The third-order valence-corrected chi connectivity index (χ3v) is 3.14. The molecule has 96 valence electrons. The normalized spacial score (nSPS) is 21.2. The fourth-order valence-corrected chi connectivity index (χ4v) is 2.19. The van der Waals surface area contributed by atoms with E-state index in [0.29, 0.717) is 6.04 Å². The van der Waals surface area contributed by atoms with Crippen LogP contribution in [0, 0.1) is 5.92 Å². The van der Waals surface area contributed by atoms with Gasteiger partial charge in [-0.25, -0.2) is 0 Å². The summed E-state index contributed by atoms with van der Waals surface area (Å²) in [5.41, 5.74) is 5.83. The number of hydrogen-bond donors (Lipinski definition) is 1. The van der Waals surface area contributed by atoms with E-state index in [0.717, 1.165) is 18.2 Å². The Morgan fingerprint density at radius 3 is 2.75 bits per heavy atom. The molecule has 0 bridgehead atoms. The number of aliphatic imine (C=N–C) groups is 1. The van der Waals surface area contributed by atoms with E-state index in [9.17, 15) is 0 Å². The maximum absolute atomic E-state index is 5.83. The topological polar surface area (TPSA) is 38.4 Å². The average molecular weight is 247 g/mol. The van der Waals surface area contributed by atoms with Crippen LogP contribution in [0.3, 0.4) is 0 Å². The SMILES string of the molecule is CC(C)CCCC[C@@H]1CCCCC(N)=N1.Cl. The van der Waals surface area contributed by atoms with Gasteiger partial charge in [0.05, 0.1) is 11.9 Å². The van der Waals surface area contributed by atoms with Gasteiger partial charge in [0.2, 0.25) is 0 Å². The molecule has 1 atom stereocenters. The zero-order valence-electron chi connectivity index (χ0n) is 10.7. The molecular formula is C13H27ClN2. The first-order chi connectivity index (χ1) is 7.18. The van der Waals surface area contributed by atoms with Gasteiger partial charge >= 0.3 is 0 Å². The average Bonchev–Trinajstić information content (AvgIpc) is 2.37. The second-order valence-corrected chi connectivity index (χ2v) is 5.20. The Morgan fingerprint density at radius 2 is 2.06 bits per heavy atom. The third kappa shape index (κ3) is 7.10. The Morgan fingerprint density at radius 1 is 1.31 bits per heavy atom. The van der Waals surface area contributed by atoms with Gasteiger partial charge in [0, 0.05) is 6.42 Å². The van der Waals surface area contributed by atoms with Crippen LogP contribution in [0.4, 0.5) is 0 Å². The number of halogens is 1. The van der Waals surface area contributed by atoms with Gasteiger partial charge in [-0.3, -0.25) is 4.99 Å². The molecule has 0 fully saturated rings. The maximum Gasteiger partial charge on any atom is 0.0940 e. The van der Waals surface area contributed by atoms with Crippen molar-refractivity contribution < 1.29 is 0 Å². The molecule has 0 saturated heterocycles. The molecule has 0 aromatic rings. The minimum atomic E-state index is 0. The van der Waals surface area contributed by atoms with E-state index in [1.165, 1.54) is 44.9 Å². The molecule has 1 aliphatic rings. The van der Waals surface area contributed by atoms with Gasteiger partial charge in [-0.15, -0.1) is 12.4 Å². The molecule has 0 amide bonds. The largest absolute Gasteiger partial charge is 0.387 e. The number of hydrogen-bond acceptors (Lipinski definition) is 2. The lowest BCUT2D eigenvalue weighted by Gasteiger charge is -2.11. The van der Waals surface area contributed by atoms with Gasteiger partial charge < -0.3 is 5.73 Å². The fourth-order valence-electron chi connectivity index (χ4n) is 2.19. The molecule has 2 nitrogen and oxygen atoms in total. The number of amidine groups is 1. The molecule has 2 N–H and O–H groups in total. The monoisotopic (exact) mass is 246 g/mol. The summed E-state index contributed by atoms with van der Waals surface area (Å²) in [7, 11) is 0. The Kier molecular flexibility index (Phi) is 8.73. The lowest BCUT2D eigenvalue weighted by Crippen LogP contribution is -2.13. The standard InChI is InChI=1S/C13H26N2.ClH/c1-11(2)7-3-4-8-12-9-5-6-10-13(14)15-12;/h11-12H,3-10H2,1-2H3,(H2,14,15);1H/t12-;/m1./s1. The van der Waals surface area contributed by atoms with Crippen molar-refractivity contribution in [1.29, 1.82) is 0 Å².